The summed E-state index contributed by atoms with van der Waals surface area (Å²) in [6.45, 7) is 1.26. The van der Waals surface area contributed by atoms with Gasteiger partial charge < -0.3 is 26.8 Å². The molecule has 1 aromatic rings. The van der Waals surface area contributed by atoms with Gasteiger partial charge in [0.1, 0.15) is 0 Å². The van der Waals surface area contributed by atoms with Gasteiger partial charge in [-0.25, -0.2) is 0 Å². The molecule has 0 unspecified atom stereocenters. The van der Waals surface area contributed by atoms with Gasteiger partial charge >= 0.3 is 0 Å². The van der Waals surface area contributed by atoms with Gasteiger partial charge in [-0.3, -0.25) is 4.79 Å². The molecule has 0 aliphatic carbocycles. The molecule has 4 nitrogen and oxygen atoms in total. The van der Waals surface area contributed by atoms with Gasteiger partial charge in [-0.05, 0) is 18.2 Å². The van der Waals surface area contributed by atoms with Crippen molar-refractivity contribution in [3.05, 3.63) is 23.8 Å². The third kappa shape index (κ3) is 3.62. The van der Waals surface area contributed by atoms with Gasteiger partial charge in [0.25, 0.3) is 0 Å². The van der Waals surface area contributed by atoms with Gasteiger partial charge in [0, 0.05) is 18.4 Å². The smallest absolute Gasteiger partial charge is 0.231 e. The molecule has 0 saturated heterocycles. The van der Waals surface area contributed by atoms with E-state index in [0.717, 1.165) is 18.7 Å². The minimum absolute atomic E-state index is 0. The van der Waals surface area contributed by atoms with Crippen molar-refractivity contribution in [2.75, 3.05) is 27.4 Å². The molecule has 0 spiro atoms. The van der Waals surface area contributed by atoms with Crippen molar-refractivity contribution in [2.24, 2.45) is 0 Å². The Balaban J connectivity index is 0.00000162. The monoisotopic (exact) mass is 271 g/mol. The highest BCUT2D eigenvalue weighted by molar-refractivity contribution is 5.96. The minimum Gasteiger partial charge on any atom is -1.00 e. The molecule has 0 amide bonds. The molecular weight excluding hydrogens is 254 g/mol. The lowest BCUT2D eigenvalue weighted by Gasteiger charge is -2.06. The summed E-state index contributed by atoms with van der Waals surface area (Å²) in [5, 5.41) is 0. The predicted octanol–water partition coefficient (Wildman–Crippen LogP) is -2.47. The van der Waals surface area contributed by atoms with Crippen LogP contribution in [0.15, 0.2) is 18.2 Å². The Labute approximate surface area is 113 Å². The molecule has 0 aromatic heterocycles. The first-order valence-electron chi connectivity index (χ1n) is 5.88. The first kappa shape index (κ1) is 14.8. The van der Waals surface area contributed by atoms with Crippen molar-refractivity contribution >= 4 is 5.78 Å². The van der Waals surface area contributed by atoms with Crippen molar-refractivity contribution in [3.8, 4) is 11.5 Å². The number of hydrogen-bond acceptors (Lipinski definition) is 3. The summed E-state index contributed by atoms with van der Waals surface area (Å²) in [6.07, 6.45) is 1.50. The van der Waals surface area contributed by atoms with Gasteiger partial charge in [-0.1, -0.05) is 0 Å². The average Bonchev–Trinajstić information content (AvgIpc) is 2.75. The van der Waals surface area contributed by atoms with Crippen LogP contribution in [0.2, 0.25) is 0 Å². The maximum Gasteiger partial charge on any atom is 0.231 e. The molecule has 1 aromatic carbocycles. The second-order valence-electron chi connectivity index (χ2n) is 4.55. The number of rotatable bonds is 5. The van der Waals surface area contributed by atoms with Gasteiger partial charge in [0.2, 0.25) is 6.79 Å². The Kier molecular flexibility index (Phi) is 5.44. The quantitative estimate of drug-likeness (QED) is 0.604. The van der Waals surface area contributed by atoms with Crippen LogP contribution in [0.1, 0.15) is 23.2 Å². The Bertz CT molecular complexity index is 421. The van der Waals surface area contributed by atoms with E-state index in [1.807, 2.05) is 0 Å². The lowest BCUT2D eigenvalue weighted by atomic mass is 10.1. The van der Waals surface area contributed by atoms with E-state index in [9.17, 15) is 4.79 Å². The zero-order valence-corrected chi connectivity index (χ0v) is 11.4. The number of ether oxygens (including phenoxy) is 2. The highest BCUT2D eigenvalue weighted by atomic mass is 35.5. The summed E-state index contributed by atoms with van der Waals surface area (Å²) >= 11 is 0. The van der Waals surface area contributed by atoms with Crippen LogP contribution in [-0.4, -0.2) is 33.2 Å². The summed E-state index contributed by atoms with van der Waals surface area (Å²) < 4.78 is 10.5. The number of benzene rings is 1. The van der Waals surface area contributed by atoms with Crippen LogP contribution in [0.3, 0.4) is 0 Å². The van der Waals surface area contributed by atoms with Crippen LogP contribution < -0.4 is 26.8 Å². The molecule has 100 valence electrons. The summed E-state index contributed by atoms with van der Waals surface area (Å²) in [4.78, 5) is 13.3. The molecule has 5 heteroatoms. The van der Waals surface area contributed by atoms with Crippen LogP contribution in [0.25, 0.3) is 0 Å². The number of carbonyl (C=O) groups excluding carboxylic acids is 1. The number of nitrogens with one attached hydrogen (secondary N) is 1. The lowest BCUT2D eigenvalue weighted by Crippen LogP contribution is -3.05. The largest absolute Gasteiger partial charge is 1.00 e. The molecular formula is C13H18ClNO3. The van der Waals surface area contributed by atoms with E-state index in [1.54, 1.807) is 18.2 Å². The number of fused-ring (bicyclic) bond motifs is 1. The number of ketones is 1. The number of hydrogen-bond donors (Lipinski definition) is 1. The third-order valence-corrected chi connectivity index (χ3v) is 2.78. The molecule has 18 heavy (non-hydrogen) atoms. The van der Waals surface area contributed by atoms with Crippen molar-refractivity contribution < 1.29 is 31.6 Å². The molecule has 0 bridgehead atoms. The Hall–Kier alpha value is -1.26. The minimum atomic E-state index is 0. The topological polar surface area (TPSA) is 40.0 Å². The van der Waals surface area contributed by atoms with E-state index < -0.39 is 0 Å². The summed E-state index contributed by atoms with van der Waals surface area (Å²) in [5.74, 6) is 1.57. The lowest BCUT2D eigenvalue weighted by molar-refractivity contribution is -0.858. The fourth-order valence-electron chi connectivity index (χ4n) is 1.82. The SMILES string of the molecule is C[NH+](C)CCCC(=O)c1ccc2c(c1)OCO2.[Cl-]. The second-order valence-corrected chi connectivity index (χ2v) is 4.55. The molecule has 2 rings (SSSR count). The maximum atomic E-state index is 11.9. The fourth-order valence-corrected chi connectivity index (χ4v) is 1.82. The van der Waals surface area contributed by atoms with Crippen LogP contribution in [-0.2, 0) is 0 Å². The molecule has 0 radical (unpaired) electrons. The summed E-state index contributed by atoms with van der Waals surface area (Å²) in [7, 11) is 4.18. The normalized spacial score (nSPS) is 12.4. The van der Waals surface area contributed by atoms with Gasteiger partial charge in [0.05, 0.1) is 20.6 Å². The van der Waals surface area contributed by atoms with E-state index in [1.165, 1.54) is 4.90 Å². The number of quaternary nitrogens is 1. The Morgan fingerprint density at radius 3 is 2.72 bits per heavy atom. The van der Waals surface area contributed by atoms with Crippen LogP contribution >= 0.6 is 0 Å². The first-order valence-corrected chi connectivity index (χ1v) is 5.88. The fraction of sp³-hybridized carbons (Fsp3) is 0.462. The Morgan fingerprint density at radius 1 is 1.28 bits per heavy atom. The highest BCUT2D eigenvalue weighted by Crippen LogP contribution is 2.32. The summed E-state index contributed by atoms with van der Waals surface area (Å²) in [6, 6.07) is 5.37. The first-order chi connectivity index (χ1) is 8.16. The Morgan fingerprint density at radius 2 is 2.00 bits per heavy atom. The molecule has 1 aliphatic rings. The van der Waals surface area contributed by atoms with E-state index in [0.29, 0.717) is 17.7 Å². The van der Waals surface area contributed by atoms with Crippen molar-refractivity contribution in [3.63, 3.8) is 0 Å². The molecule has 0 atom stereocenters. The maximum absolute atomic E-state index is 11.9. The number of halogens is 1. The van der Waals surface area contributed by atoms with E-state index in [-0.39, 0.29) is 25.0 Å². The summed E-state index contributed by atoms with van der Waals surface area (Å²) in [5.41, 5.74) is 0.711. The van der Waals surface area contributed by atoms with Crippen molar-refractivity contribution in [1.82, 2.24) is 0 Å². The van der Waals surface area contributed by atoms with Crippen LogP contribution in [0.4, 0.5) is 0 Å². The number of Topliss-reactive ketones (excluding diaryl/α,β-unsaturated/α-hetero) is 1. The molecule has 0 fully saturated rings. The number of carbonyl (C=O) groups is 1. The standard InChI is InChI=1S/C13H17NO3.ClH/c1-14(2)7-3-4-11(15)10-5-6-12-13(8-10)17-9-16-12;/h5-6,8H,3-4,7,9H2,1-2H3;1H. The molecule has 1 aliphatic heterocycles. The third-order valence-electron chi connectivity index (χ3n) is 2.78. The molecule has 1 heterocycles. The average molecular weight is 272 g/mol. The van der Waals surface area contributed by atoms with Crippen LogP contribution in [0.5, 0.6) is 11.5 Å². The van der Waals surface area contributed by atoms with E-state index in [2.05, 4.69) is 14.1 Å². The van der Waals surface area contributed by atoms with Gasteiger partial charge in [0.15, 0.2) is 17.3 Å². The van der Waals surface area contributed by atoms with Crippen molar-refractivity contribution in [2.45, 2.75) is 12.8 Å². The zero-order chi connectivity index (χ0) is 12.3. The van der Waals surface area contributed by atoms with E-state index >= 15 is 0 Å². The van der Waals surface area contributed by atoms with Gasteiger partial charge in [-0.15, -0.1) is 0 Å². The highest BCUT2D eigenvalue weighted by Gasteiger charge is 2.16. The van der Waals surface area contributed by atoms with Crippen LogP contribution in [0, 0.1) is 0 Å². The molecule has 0 saturated carbocycles. The predicted molar refractivity (Wildman–Crippen MR) is 63.8 cm³/mol. The molecule has 1 N–H and O–H groups in total. The zero-order valence-electron chi connectivity index (χ0n) is 10.7. The van der Waals surface area contributed by atoms with E-state index in [4.69, 9.17) is 9.47 Å². The van der Waals surface area contributed by atoms with Crippen molar-refractivity contribution in [1.29, 1.82) is 0 Å². The van der Waals surface area contributed by atoms with Gasteiger partial charge in [-0.2, -0.15) is 0 Å². The second kappa shape index (κ2) is 6.61.